The minimum absolute atomic E-state index is 0.132. The average molecular weight is 939 g/mol. The number of rotatable bonds is 17. The highest BCUT2D eigenvalue weighted by atomic mass is 32.2. The Morgan fingerprint density at radius 2 is 1.32 bits per heavy atom. The second-order valence-corrected chi connectivity index (χ2v) is 20.8. The van der Waals surface area contributed by atoms with Gasteiger partial charge in [-0.25, -0.2) is 14.4 Å². The van der Waals surface area contributed by atoms with E-state index in [1.54, 1.807) is 23.5 Å². The third-order valence-corrected chi connectivity index (χ3v) is 15.7. The van der Waals surface area contributed by atoms with Gasteiger partial charge in [0.1, 0.15) is 24.4 Å². The molecule has 13 nitrogen and oxygen atoms in total. The highest BCUT2D eigenvalue weighted by Gasteiger charge is 2.59. The molecule has 6 fully saturated rings. The molecule has 3 aromatic carbocycles. The molecule has 4 unspecified atom stereocenters. The Labute approximate surface area is 374 Å². The summed E-state index contributed by atoms with van der Waals surface area (Å²) in [6, 6.07) is 28.9. The van der Waals surface area contributed by atoms with Crippen molar-refractivity contribution in [2.75, 3.05) is 56.0 Å². The summed E-state index contributed by atoms with van der Waals surface area (Å²) in [4.78, 5) is 39.8. The van der Waals surface area contributed by atoms with Crippen molar-refractivity contribution in [3.05, 3.63) is 84.9 Å². The van der Waals surface area contributed by atoms with Gasteiger partial charge in [0.25, 0.3) is 0 Å². The third-order valence-electron chi connectivity index (χ3n) is 11.0. The molecule has 4 atom stereocenters. The fourth-order valence-electron chi connectivity index (χ4n) is 9.07. The number of thioether (sulfide) groups is 2. The lowest BCUT2D eigenvalue weighted by atomic mass is 9.48. The molecule has 2 heterocycles. The molecule has 4 aliphatic carbocycles. The molecular formula is C43H48F2O13S4. The zero-order valence-electron chi connectivity index (χ0n) is 33.7. The average Bonchev–Trinajstić information content (AvgIpc) is 3.28. The molecular weight excluding hydrogens is 891 g/mol. The molecule has 19 heteroatoms. The largest absolute Gasteiger partial charge is 0.691 e. The molecule has 6 aliphatic rings. The van der Waals surface area contributed by atoms with Crippen molar-refractivity contribution in [1.29, 1.82) is 0 Å². The molecule has 2 aliphatic heterocycles. The molecule has 0 spiro atoms. The van der Waals surface area contributed by atoms with Crippen LogP contribution in [-0.2, 0) is 63.1 Å². The first-order valence-corrected chi connectivity index (χ1v) is 24.5. The molecule has 9 rings (SSSR count). The van der Waals surface area contributed by atoms with Crippen LogP contribution in [0.3, 0.4) is 0 Å². The van der Waals surface area contributed by atoms with E-state index in [-0.39, 0.29) is 30.7 Å². The zero-order chi connectivity index (χ0) is 43.4. The van der Waals surface area contributed by atoms with Gasteiger partial charge in [0.15, 0.2) is 21.3 Å². The van der Waals surface area contributed by atoms with E-state index < -0.39 is 58.8 Å². The Balaban J connectivity index is 0.000000187. The molecule has 0 aromatic heterocycles. The van der Waals surface area contributed by atoms with Gasteiger partial charge in [-0.3, -0.25) is 5.04 Å². The van der Waals surface area contributed by atoms with Gasteiger partial charge in [-0.2, -0.15) is 36.6 Å². The maximum atomic E-state index is 13.7. The monoisotopic (exact) mass is 938 g/mol. The second kappa shape index (κ2) is 22.2. The zero-order valence-corrected chi connectivity index (χ0v) is 37.0. The number of hydrogen-bond acceptors (Lipinski definition) is 16. The van der Waals surface area contributed by atoms with Crippen molar-refractivity contribution in [3.63, 3.8) is 0 Å². The minimum atomic E-state index is -4.07. The number of carbonyl (C=O) groups is 3. The Hall–Kier alpha value is -3.11. The highest BCUT2D eigenvalue weighted by molar-refractivity contribution is 7.99. The van der Waals surface area contributed by atoms with E-state index in [9.17, 15) is 28.4 Å². The Morgan fingerprint density at radius 1 is 0.774 bits per heavy atom. The number of carbonyl (C=O) groups excluding carboxylic acids is 3. The lowest BCUT2D eigenvalue weighted by Gasteiger charge is -2.61. The van der Waals surface area contributed by atoms with Crippen molar-refractivity contribution in [2.45, 2.75) is 76.6 Å². The lowest BCUT2D eigenvalue weighted by Crippen LogP contribution is -2.58. The van der Waals surface area contributed by atoms with Gasteiger partial charge in [-0.15, -0.1) is 0 Å². The van der Waals surface area contributed by atoms with Gasteiger partial charge in [-0.05, 0) is 98.9 Å². The van der Waals surface area contributed by atoms with Gasteiger partial charge in [0.2, 0.25) is 12.6 Å². The maximum absolute atomic E-state index is 13.7. The van der Waals surface area contributed by atoms with Crippen molar-refractivity contribution in [2.24, 2.45) is 17.3 Å². The Kier molecular flexibility index (Phi) is 16.8. The van der Waals surface area contributed by atoms with E-state index in [0.29, 0.717) is 48.7 Å². The molecule has 2 saturated heterocycles. The topological polar surface area (TPSA) is 157 Å². The van der Waals surface area contributed by atoms with Crippen LogP contribution in [0.5, 0.6) is 5.75 Å². The van der Waals surface area contributed by atoms with E-state index in [0.717, 1.165) is 43.6 Å². The molecule has 3 aromatic rings. The van der Waals surface area contributed by atoms with E-state index >= 15 is 0 Å². The van der Waals surface area contributed by atoms with Crippen molar-refractivity contribution in [3.8, 4) is 5.75 Å². The SMILES string of the molecule is O=C(COC12CC3CC(CC(COC(=O)C(F)(F)SOO[O-])(C3)C1)C2)OC1CSCCO1.O=C(COc1ccc([S+](c2ccccc2)c2ccccc2)cc1)OC1CSCCO1. The maximum Gasteiger partial charge on any atom is 0.415 e. The molecule has 0 radical (unpaired) electrons. The predicted octanol–water partition coefficient (Wildman–Crippen LogP) is 6.78. The van der Waals surface area contributed by atoms with Gasteiger partial charge in [0.05, 0.1) is 47.8 Å². The van der Waals surface area contributed by atoms with Crippen molar-refractivity contribution >= 4 is 64.4 Å². The van der Waals surface area contributed by atoms with Crippen LogP contribution in [0, 0.1) is 17.3 Å². The van der Waals surface area contributed by atoms with Crippen LogP contribution < -0.4 is 9.99 Å². The summed E-state index contributed by atoms with van der Waals surface area (Å²) in [6.45, 7) is 0.616. The summed E-state index contributed by atoms with van der Waals surface area (Å²) in [7, 11) is -0.207. The standard InChI is InChI=1S/C24H23O4S2.C19H26F2O9S2/c25-23(28-24-18-29-16-15-26-24)17-27-19-11-13-22(14-12-19)30(20-7-3-1-4-8-20)21-9-5-2-6-10-21;20-19(21,32-30-29-24)16(23)26-11-17-4-12-3-13(5-17)7-18(6-12,10-17)27-8-14(22)28-15-9-31-2-1-25-15/h1-14,24H,15-18H2;12-13,15,24H,1-11H2/q+1;/p-1. The van der Waals surface area contributed by atoms with Crippen LogP contribution in [-0.4, -0.2) is 97.4 Å². The first-order chi connectivity index (χ1) is 30.0. The summed E-state index contributed by atoms with van der Waals surface area (Å²) in [5, 5.41) is 8.57. The number of alkyl halides is 2. The van der Waals surface area contributed by atoms with Crippen LogP contribution in [0.2, 0.25) is 0 Å². The Bertz CT molecular complexity index is 1850. The first-order valence-electron chi connectivity index (χ1n) is 20.2. The van der Waals surface area contributed by atoms with Crippen LogP contribution in [0.1, 0.15) is 38.5 Å². The quantitative estimate of drug-likeness (QED) is 0.0348. The Morgan fingerprint density at radius 3 is 1.85 bits per heavy atom. The van der Waals surface area contributed by atoms with Crippen LogP contribution >= 0.6 is 35.6 Å². The smallest absolute Gasteiger partial charge is 0.415 e. The fourth-order valence-corrected chi connectivity index (χ4v) is 12.9. The number of benzene rings is 3. The summed E-state index contributed by atoms with van der Waals surface area (Å²) in [6.07, 6.45) is 3.55. The van der Waals surface area contributed by atoms with E-state index in [2.05, 4.69) is 70.0 Å². The van der Waals surface area contributed by atoms with Gasteiger partial charge >= 0.3 is 23.2 Å². The first kappa shape index (κ1) is 46.9. The summed E-state index contributed by atoms with van der Waals surface area (Å²) < 4.78 is 69.1. The lowest BCUT2D eigenvalue weighted by molar-refractivity contribution is -0.777. The van der Waals surface area contributed by atoms with Crippen molar-refractivity contribution in [1.82, 2.24) is 0 Å². The van der Waals surface area contributed by atoms with Gasteiger partial charge in [0, 0.05) is 16.9 Å². The van der Waals surface area contributed by atoms with Crippen LogP contribution in [0.25, 0.3) is 0 Å². The molecule has 62 heavy (non-hydrogen) atoms. The predicted molar refractivity (Wildman–Crippen MR) is 225 cm³/mol. The summed E-state index contributed by atoms with van der Waals surface area (Å²) in [5.41, 5.74) is -1.04. The summed E-state index contributed by atoms with van der Waals surface area (Å²) >= 11 is 2.67. The highest BCUT2D eigenvalue weighted by Crippen LogP contribution is 2.63. The van der Waals surface area contributed by atoms with Gasteiger partial charge in [-0.1, -0.05) is 36.4 Å². The van der Waals surface area contributed by atoms with Crippen LogP contribution in [0.4, 0.5) is 8.78 Å². The number of halogens is 2. The second-order valence-electron chi connectivity index (χ2n) is 15.7. The van der Waals surface area contributed by atoms with Crippen LogP contribution in [0.15, 0.2) is 99.6 Å². The molecule has 0 amide bonds. The molecule has 4 saturated carbocycles. The van der Waals surface area contributed by atoms with Gasteiger partial charge < -0.3 is 38.4 Å². The normalized spacial score (nSPS) is 26.5. The van der Waals surface area contributed by atoms with E-state index in [4.69, 9.17) is 33.2 Å². The third kappa shape index (κ3) is 13.0. The molecule has 336 valence electrons. The molecule has 4 bridgehead atoms. The molecule has 0 N–H and O–H groups in total. The fraction of sp³-hybridized carbons (Fsp3) is 0.512. The number of ether oxygens (including phenoxy) is 7. The number of esters is 3. The minimum Gasteiger partial charge on any atom is -0.691 e. The van der Waals surface area contributed by atoms with Crippen molar-refractivity contribution < 1.29 is 71.0 Å². The van der Waals surface area contributed by atoms with E-state index in [1.807, 2.05) is 24.3 Å². The number of hydrogen-bond donors (Lipinski definition) is 0. The summed E-state index contributed by atoms with van der Waals surface area (Å²) in [5.74, 6) is 1.63. The van der Waals surface area contributed by atoms with E-state index in [1.165, 1.54) is 14.7 Å².